The number of carbonyl (C=O) groups is 1. The van der Waals surface area contributed by atoms with Gasteiger partial charge in [0.2, 0.25) is 0 Å². The van der Waals surface area contributed by atoms with Crippen molar-refractivity contribution in [3.8, 4) is 0 Å². The molecule has 0 unspecified atom stereocenters. The van der Waals surface area contributed by atoms with E-state index in [0.29, 0.717) is 11.3 Å². The SMILES string of the molecule is O=C(NCc1ccccc1F)Nc1ccc(F)cc1. The van der Waals surface area contributed by atoms with E-state index in [-0.39, 0.29) is 18.2 Å². The summed E-state index contributed by atoms with van der Waals surface area (Å²) in [6.45, 7) is 0.0830. The maximum absolute atomic E-state index is 13.3. The lowest BCUT2D eigenvalue weighted by atomic mass is 10.2. The molecule has 0 saturated carbocycles. The fourth-order valence-electron chi connectivity index (χ4n) is 1.53. The topological polar surface area (TPSA) is 41.1 Å². The highest BCUT2D eigenvalue weighted by atomic mass is 19.1. The van der Waals surface area contributed by atoms with Gasteiger partial charge in [-0.2, -0.15) is 0 Å². The summed E-state index contributed by atoms with van der Waals surface area (Å²) in [6.07, 6.45) is 0. The Morgan fingerprint density at radius 1 is 1.00 bits per heavy atom. The molecule has 2 aromatic carbocycles. The fourth-order valence-corrected chi connectivity index (χ4v) is 1.53. The quantitative estimate of drug-likeness (QED) is 0.875. The van der Waals surface area contributed by atoms with Gasteiger partial charge in [-0.3, -0.25) is 0 Å². The number of carbonyl (C=O) groups excluding carboxylic acids is 1. The predicted octanol–water partition coefficient (Wildman–Crippen LogP) is 3.29. The van der Waals surface area contributed by atoms with Crippen LogP contribution in [0.5, 0.6) is 0 Å². The van der Waals surface area contributed by atoms with E-state index in [1.54, 1.807) is 18.2 Å². The maximum atomic E-state index is 13.3. The Labute approximate surface area is 109 Å². The highest BCUT2D eigenvalue weighted by Crippen LogP contribution is 2.08. The summed E-state index contributed by atoms with van der Waals surface area (Å²) in [5.41, 5.74) is 0.865. The Morgan fingerprint density at radius 3 is 2.37 bits per heavy atom. The number of amides is 2. The van der Waals surface area contributed by atoms with Gasteiger partial charge in [0.1, 0.15) is 11.6 Å². The molecule has 0 fully saturated rings. The Kier molecular flexibility index (Phi) is 4.07. The van der Waals surface area contributed by atoms with E-state index in [2.05, 4.69) is 10.6 Å². The van der Waals surface area contributed by atoms with Gasteiger partial charge in [0.25, 0.3) is 0 Å². The molecule has 3 nitrogen and oxygen atoms in total. The molecule has 2 rings (SSSR count). The van der Waals surface area contributed by atoms with E-state index in [1.165, 1.54) is 30.3 Å². The third-order valence-electron chi connectivity index (χ3n) is 2.50. The van der Waals surface area contributed by atoms with Crippen molar-refractivity contribution in [3.63, 3.8) is 0 Å². The Morgan fingerprint density at radius 2 is 1.68 bits per heavy atom. The molecular weight excluding hydrogens is 250 g/mol. The van der Waals surface area contributed by atoms with Gasteiger partial charge in [0, 0.05) is 17.8 Å². The van der Waals surface area contributed by atoms with Crippen LogP contribution in [0.1, 0.15) is 5.56 Å². The molecule has 2 N–H and O–H groups in total. The molecule has 0 saturated heterocycles. The maximum Gasteiger partial charge on any atom is 0.319 e. The molecule has 0 atom stereocenters. The van der Waals surface area contributed by atoms with Crippen molar-refractivity contribution in [2.75, 3.05) is 5.32 Å². The van der Waals surface area contributed by atoms with Crippen LogP contribution in [0.4, 0.5) is 19.3 Å². The Balaban J connectivity index is 1.88. The largest absolute Gasteiger partial charge is 0.334 e. The first kappa shape index (κ1) is 13.0. The molecule has 5 heteroatoms. The number of hydrogen-bond donors (Lipinski definition) is 2. The molecule has 0 radical (unpaired) electrons. The first-order valence-corrected chi connectivity index (χ1v) is 5.69. The van der Waals surface area contributed by atoms with Crippen LogP contribution in [0.2, 0.25) is 0 Å². The zero-order valence-electron chi connectivity index (χ0n) is 9.99. The van der Waals surface area contributed by atoms with Gasteiger partial charge in [-0.15, -0.1) is 0 Å². The summed E-state index contributed by atoms with van der Waals surface area (Å²) in [6, 6.07) is 11.1. The third-order valence-corrected chi connectivity index (χ3v) is 2.50. The van der Waals surface area contributed by atoms with E-state index in [4.69, 9.17) is 0 Å². The van der Waals surface area contributed by atoms with Gasteiger partial charge in [0.05, 0.1) is 0 Å². The molecule has 0 aromatic heterocycles. The number of urea groups is 1. The molecule has 98 valence electrons. The van der Waals surface area contributed by atoms with Crippen LogP contribution in [0.25, 0.3) is 0 Å². The van der Waals surface area contributed by atoms with Gasteiger partial charge in [-0.05, 0) is 30.3 Å². The molecular formula is C14H12F2N2O. The van der Waals surface area contributed by atoms with Gasteiger partial charge in [-0.25, -0.2) is 13.6 Å². The van der Waals surface area contributed by atoms with Crippen LogP contribution >= 0.6 is 0 Å². The average molecular weight is 262 g/mol. The molecule has 0 aliphatic rings. The van der Waals surface area contributed by atoms with E-state index < -0.39 is 6.03 Å². The van der Waals surface area contributed by atoms with Crippen molar-refractivity contribution < 1.29 is 13.6 Å². The number of nitrogens with one attached hydrogen (secondary N) is 2. The van der Waals surface area contributed by atoms with Crippen molar-refractivity contribution in [2.24, 2.45) is 0 Å². The lowest BCUT2D eigenvalue weighted by molar-refractivity contribution is 0.251. The van der Waals surface area contributed by atoms with Crippen LogP contribution in [0, 0.1) is 11.6 Å². The minimum absolute atomic E-state index is 0.0830. The minimum atomic E-state index is -0.477. The van der Waals surface area contributed by atoms with Crippen LogP contribution in [-0.4, -0.2) is 6.03 Å². The summed E-state index contributed by atoms with van der Waals surface area (Å²) in [5, 5.41) is 5.04. The first-order valence-electron chi connectivity index (χ1n) is 5.69. The van der Waals surface area contributed by atoms with E-state index in [0.717, 1.165) is 0 Å². The predicted molar refractivity (Wildman–Crippen MR) is 68.7 cm³/mol. The highest BCUT2D eigenvalue weighted by Gasteiger charge is 2.04. The number of benzene rings is 2. The van der Waals surface area contributed by atoms with E-state index >= 15 is 0 Å². The van der Waals surface area contributed by atoms with Crippen molar-refractivity contribution >= 4 is 11.7 Å². The van der Waals surface area contributed by atoms with Crippen LogP contribution in [0.3, 0.4) is 0 Å². The summed E-state index contributed by atoms with van der Waals surface area (Å²) in [4.78, 5) is 11.5. The lowest BCUT2D eigenvalue weighted by Crippen LogP contribution is -2.28. The van der Waals surface area contributed by atoms with Crippen molar-refractivity contribution in [1.29, 1.82) is 0 Å². The number of halogens is 2. The van der Waals surface area contributed by atoms with Crippen LogP contribution in [-0.2, 0) is 6.54 Å². The zero-order valence-corrected chi connectivity index (χ0v) is 9.99. The van der Waals surface area contributed by atoms with E-state index in [1.807, 2.05) is 0 Å². The van der Waals surface area contributed by atoms with Crippen molar-refractivity contribution in [1.82, 2.24) is 5.32 Å². The molecule has 0 spiro atoms. The van der Waals surface area contributed by atoms with Gasteiger partial charge in [0.15, 0.2) is 0 Å². The third kappa shape index (κ3) is 3.77. The first-order chi connectivity index (χ1) is 9.15. The second-order valence-electron chi connectivity index (χ2n) is 3.91. The second-order valence-corrected chi connectivity index (χ2v) is 3.91. The monoisotopic (exact) mass is 262 g/mol. The smallest absolute Gasteiger partial charge is 0.319 e. The molecule has 0 aliphatic heterocycles. The summed E-state index contributed by atoms with van der Waals surface area (Å²) in [5.74, 6) is -0.748. The average Bonchev–Trinajstić information content (AvgIpc) is 2.40. The zero-order chi connectivity index (χ0) is 13.7. The molecule has 2 amide bonds. The van der Waals surface area contributed by atoms with Gasteiger partial charge in [-0.1, -0.05) is 18.2 Å². The Bertz CT molecular complexity index is 570. The summed E-state index contributed by atoms with van der Waals surface area (Å²) >= 11 is 0. The molecule has 0 bridgehead atoms. The molecule has 2 aromatic rings. The molecule has 0 aliphatic carbocycles. The fraction of sp³-hybridized carbons (Fsp3) is 0.0714. The van der Waals surface area contributed by atoms with Gasteiger partial charge >= 0.3 is 6.03 Å². The van der Waals surface area contributed by atoms with Crippen LogP contribution in [0.15, 0.2) is 48.5 Å². The van der Waals surface area contributed by atoms with Crippen molar-refractivity contribution in [2.45, 2.75) is 6.54 Å². The van der Waals surface area contributed by atoms with Crippen LogP contribution < -0.4 is 10.6 Å². The minimum Gasteiger partial charge on any atom is -0.334 e. The molecule has 19 heavy (non-hydrogen) atoms. The summed E-state index contributed by atoms with van der Waals surface area (Å²) < 4.78 is 26.0. The van der Waals surface area contributed by atoms with E-state index in [9.17, 15) is 13.6 Å². The second kappa shape index (κ2) is 5.95. The Hall–Kier alpha value is -2.43. The van der Waals surface area contributed by atoms with Gasteiger partial charge < -0.3 is 10.6 Å². The number of rotatable bonds is 3. The normalized spacial score (nSPS) is 10.0. The number of hydrogen-bond acceptors (Lipinski definition) is 1. The standard InChI is InChI=1S/C14H12F2N2O/c15-11-5-7-12(8-6-11)18-14(19)17-9-10-3-1-2-4-13(10)16/h1-8H,9H2,(H2,17,18,19). The molecule has 0 heterocycles. The number of anilines is 1. The summed E-state index contributed by atoms with van der Waals surface area (Å²) in [7, 11) is 0. The van der Waals surface area contributed by atoms with Crippen molar-refractivity contribution in [3.05, 3.63) is 65.7 Å². The highest BCUT2D eigenvalue weighted by molar-refractivity contribution is 5.89. The lowest BCUT2D eigenvalue weighted by Gasteiger charge is -2.08.